The third-order valence-corrected chi connectivity index (χ3v) is 0. The van der Waals surface area contributed by atoms with Crippen LogP contribution in [0.5, 0.6) is 0 Å². The van der Waals surface area contributed by atoms with Crippen LogP contribution in [0, 0.1) is 0 Å². The van der Waals surface area contributed by atoms with Gasteiger partial charge in [-0.2, -0.15) is 7.82 Å². The van der Waals surface area contributed by atoms with Crippen molar-refractivity contribution in [3.8, 4) is 0 Å². The third kappa shape index (κ3) is 403. The Morgan fingerprint density at radius 3 is 1.17 bits per heavy atom. The van der Waals surface area contributed by atoms with E-state index in [1.807, 2.05) is 0 Å². The summed E-state index contributed by atoms with van der Waals surface area (Å²) in [5, 5.41) is 0. The number of rotatable bonds is 0. The van der Waals surface area contributed by atoms with Gasteiger partial charge in [0, 0.05) is 0 Å². The summed E-state index contributed by atoms with van der Waals surface area (Å²) in [6, 6.07) is 0. The van der Waals surface area contributed by atoms with Crippen LogP contribution in [0.15, 0.2) is 0 Å². The molecule has 0 bridgehead atoms. The van der Waals surface area contributed by atoms with Gasteiger partial charge in [0.05, 0.1) is 0 Å². The van der Waals surface area contributed by atoms with Gasteiger partial charge in [0.25, 0.3) is 0 Å². The monoisotopic (exact) mass is 296 g/mol. The number of hydrogen-bond acceptors (Lipinski definition) is 7. The molecule has 0 spiro atoms. The van der Waals surface area contributed by atoms with Crippen molar-refractivity contribution in [2.75, 3.05) is 0 Å². The van der Waals surface area contributed by atoms with Crippen molar-refractivity contribution < 1.29 is 56.2 Å². The molecule has 0 amide bonds. The zero-order valence-electron chi connectivity index (χ0n) is 5.57. The fourth-order valence-electron chi connectivity index (χ4n) is 0. The van der Waals surface area contributed by atoms with E-state index in [-0.39, 0.29) is 57.2 Å². The molecule has 12 heteroatoms. The van der Waals surface area contributed by atoms with E-state index in [1.54, 1.807) is 0 Å². The van der Waals surface area contributed by atoms with Gasteiger partial charge in [-0.3, -0.25) is 4.55 Å². The SMILES string of the molecule is O=P([O-])([O-])[O-].O=S(=O)([O-])O.[Ca+2].[Zn+2]. The Kier molecular flexibility index (Phi) is 18.5. The molecule has 0 atom stereocenters. The van der Waals surface area contributed by atoms with Crippen molar-refractivity contribution in [2.24, 2.45) is 0 Å². The van der Waals surface area contributed by atoms with Gasteiger partial charge >= 0.3 is 57.2 Å². The maximum Gasteiger partial charge on any atom is 2.00 e. The van der Waals surface area contributed by atoms with Crippen molar-refractivity contribution in [2.45, 2.75) is 0 Å². The molecule has 0 heterocycles. The first-order valence-electron chi connectivity index (χ1n) is 1.41. The van der Waals surface area contributed by atoms with Crippen LogP contribution >= 0.6 is 7.82 Å². The van der Waals surface area contributed by atoms with Crippen molar-refractivity contribution in [3.05, 3.63) is 0 Å². The van der Waals surface area contributed by atoms with Gasteiger partial charge in [-0.05, 0) is 0 Å². The van der Waals surface area contributed by atoms with Gasteiger partial charge in [-0.25, -0.2) is 8.42 Å². The van der Waals surface area contributed by atoms with Crippen LogP contribution in [-0.4, -0.2) is 55.3 Å². The molecule has 12 heavy (non-hydrogen) atoms. The molecule has 0 saturated heterocycles. The standard InChI is InChI=1S/Ca.H3O4P.H2O4S.Zn/c;2*1-5(2,3)4;/h;(H3,1,2,3,4);(H2,1,2,3,4);/q+2;;;+2/p-4. The van der Waals surface area contributed by atoms with Crippen LogP contribution in [0.1, 0.15) is 0 Å². The van der Waals surface area contributed by atoms with Crippen LogP contribution in [0.3, 0.4) is 0 Å². The molecule has 0 aliphatic heterocycles. The molecule has 0 aromatic rings. The number of phosphoric acid groups is 1. The average molecular weight is 298 g/mol. The Morgan fingerprint density at radius 1 is 1.17 bits per heavy atom. The van der Waals surface area contributed by atoms with E-state index in [0.29, 0.717) is 0 Å². The Balaban J connectivity index is -0.0000000457. The van der Waals surface area contributed by atoms with E-state index < -0.39 is 18.2 Å². The maximum atomic E-state index is 8.63. The molecule has 0 rings (SSSR count). The summed E-state index contributed by atoms with van der Waals surface area (Å²) in [6.07, 6.45) is 0. The molecule has 0 fully saturated rings. The first kappa shape index (κ1) is 23.6. The predicted octanol–water partition coefficient (Wildman–Crippen LogP) is -4.20. The van der Waals surface area contributed by atoms with E-state index in [2.05, 4.69) is 0 Å². The van der Waals surface area contributed by atoms with Crippen molar-refractivity contribution >= 4 is 56.0 Å². The quantitative estimate of drug-likeness (QED) is 0.203. The smallest absolute Gasteiger partial charge is 0.822 e. The molecule has 0 unspecified atom stereocenters. The van der Waals surface area contributed by atoms with Gasteiger partial charge in [0.1, 0.15) is 0 Å². The summed E-state index contributed by atoms with van der Waals surface area (Å²) in [4.78, 5) is 25.6. The van der Waals surface area contributed by atoms with Crippen LogP contribution in [0.25, 0.3) is 0 Å². The minimum atomic E-state index is -5.39. The number of hydrogen-bond donors (Lipinski definition) is 1. The van der Waals surface area contributed by atoms with Crippen LogP contribution in [-0.2, 0) is 34.4 Å². The molecule has 0 saturated carbocycles. The average Bonchev–Trinajstić information content (AvgIpc) is 1.12. The van der Waals surface area contributed by atoms with Gasteiger partial charge in [0.2, 0.25) is 10.4 Å². The van der Waals surface area contributed by atoms with Crippen molar-refractivity contribution in [1.82, 2.24) is 0 Å². The van der Waals surface area contributed by atoms with E-state index in [4.69, 9.17) is 36.8 Å². The molecule has 0 aliphatic rings. The molecule has 64 valence electrons. The van der Waals surface area contributed by atoms with Gasteiger partial charge in [-0.1, -0.05) is 0 Å². The second kappa shape index (κ2) is 9.42. The van der Waals surface area contributed by atoms with Gasteiger partial charge in [0.15, 0.2) is 0 Å². The summed E-state index contributed by atoms with van der Waals surface area (Å²) in [5.74, 6) is 0. The molecule has 0 aromatic heterocycles. The summed E-state index contributed by atoms with van der Waals surface area (Å²) in [5.41, 5.74) is 0. The van der Waals surface area contributed by atoms with Crippen LogP contribution in [0.4, 0.5) is 0 Å². The minimum Gasteiger partial charge on any atom is -0.822 e. The van der Waals surface area contributed by atoms with Crippen LogP contribution < -0.4 is 14.7 Å². The van der Waals surface area contributed by atoms with Crippen molar-refractivity contribution in [1.29, 1.82) is 0 Å². The zero-order chi connectivity index (χ0) is 9.00. The molecule has 1 N–H and O–H groups in total. The third-order valence-electron chi connectivity index (χ3n) is 0. The molecular weight excluding hydrogens is 297 g/mol. The Bertz CT molecular complexity index is 197. The normalized spacial score (nSPS) is 9.75. The first-order valence-corrected chi connectivity index (χ1v) is 4.24. The fourth-order valence-corrected chi connectivity index (χ4v) is 0. The molecule has 8 nitrogen and oxygen atoms in total. The summed E-state index contributed by atoms with van der Waals surface area (Å²) >= 11 is 0. The summed E-state index contributed by atoms with van der Waals surface area (Å²) in [7, 11) is -10.3. The van der Waals surface area contributed by atoms with Gasteiger partial charge in [-0.15, -0.1) is 0 Å². The second-order valence-electron chi connectivity index (χ2n) is 0.875. The van der Waals surface area contributed by atoms with E-state index in [9.17, 15) is 0 Å². The van der Waals surface area contributed by atoms with Gasteiger partial charge < -0.3 is 23.8 Å². The first-order chi connectivity index (χ1) is 4.00. The van der Waals surface area contributed by atoms with E-state index in [0.717, 1.165) is 0 Å². The molecule has 0 radical (unpaired) electrons. The van der Waals surface area contributed by atoms with E-state index in [1.165, 1.54) is 0 Å². The summed E-state index contributed by atoms with van der Waals surface area (Å²) in [6.45, 7) is 0. The maximum absolute atomic E-state index is 8.63. The summed E-state index contributed by atoms with van der Waals surface area (Å²) < 4.78 is 41.4. The predicted molar refractivity (Wildman–Crippen MR) is 25.7 cm³/mol. The topological polar surface area (TPSA) is 164 Å². The molecular formula is HCaO8PSZn. The Hall–Kier alpha value is 1.86. The Labute approximate surface area is 111 Å². The van der Waals surface area contributed by atoms with Crippen LogP contribution in [0.2, 0.25) is 0 Å². The second-order valence-corrected chi connectivity index (χ2v) is 2.62. The van der Waals surface area contributed by atoms with E-state index >= 15 is 0 Å². The molecule has 0 aromatic carbocycles. The zero-order valence-corrected chi connectivity index (χ0v) is 12.5. The minimum absolute atomic E-state index is 0. The molecule has 0 aliphatic carbocycles. The van der Waals surface area contributed by atoms with Crippen molar-refractivity contribution in [3.63, 3.8) is 0 Å². The fraction of sp³-hybridized carbons (Fsp3) is 0. The largest absolute Gasteiger partial charge is 2.00 e. The Morgan fingerprint density at radius 2 is 1.17 bits per heavy atom.